The van der Waals surface area contributed by atoms with Gasteiger partial charge in [-0.3, -0.25) is 9.69 Å². The van der Waals surface area contributed by atoms with Crippen LogP contribution < -0.4 is 10.6 Å². The predicted octanol–water partition coefficient (Wildman–Crippen LogP) is -0.580. The molecule has 2 rings (SSSR count). The van der Waals surface area contributed by atoms with E-state index >= 15 is 0 Å². The van der Waals surface area contributed by atoms with Crippen LogP contribution in [-0.2, 0) is 4.79 Å². The Morgan fingerprint density at radius 2 is 1.80 bits per heavy atom. The van der Waals surface area contributed by atoms with Gasteiger partial charge in [0.05, 0.1) is 6.42 Å². The summed E-state index contributed by atoms with van der Waals surface area (Å²) in [6, 6.07) is 0.117. The molecule has 0 aliphatic carbocycles. The predicted molar refractivity (Wildman–Crippen MR) is 79.0 cm³/mol. The molecule has 2 saturated heterocycles. The second kappa shape index (κ2) is 8.56. The highest BCUT2D eigenvalue weighted by atomic mass is 16.4. The molecule has 6 heteroatoms. The molecule has 0 aromatic heterocycles. The summed E-state index contributed by atoms with van der Waals surface area (Å²) in [5.41, 5.74) is 0. The molecule has 0 spiro atoms. The average molecular weight is 284 g/mol. The Balaban J connectivity index is 2.02. The first kappa shape index (κ1) is 15.7. The lowest BCUT2D eigenvalue weighted by Gasteiger charge is -2.35. The zero-order chi connectivity index (χ0) is 14.2. The molecule has 3 unspecified atom stereocenters. The molecule has 0 saturated carbocycles. The molecular weight excluding hydrogens is 256 g/mol. The van der Waals surface area contributed by atoms with Gasteiger partial charge in [-0.1, -0.05) is 0 Å². The molecule has 3 N–H and O–H groups in total. The Hall–Kier alpha value is -0.690. The Kier molecular flexibility index (Phi) is 6.72. The number of carboxylic acids is 1. The van der Waals surface area contributed by atoms with Gasteiger partial charge in [0.2, 0.25) is 0 Å². The Morgan fingerprint density at radius 1 is 1.00 bits per heavy atom. The average Bonchev–Trinajstić information content (AvgIpc) is 2.43. The first-order valence-corrected chi connectivity index (χ1v) is 7.85. The lowest BCUT2D eigenvalue weighted by molar-refractivity contribution is -0.138. The van der Waals surface area contributed by atoms with E-state index in [-0.39, 0.29) is 12.5 Å². The van der Waals surface area contributed by atoms with Gasteiger partial charge >= 0.3 is 5.97 Å². The number of hydrogen-bond donors (Lipinski definition) is 3. The maximum atomic E-state index is 11.1. The van der Waals surface area contributed by atoms with Crippen LogP contribution in [0.15, 0.2) is 0 Å². The smallest absolute Gasteiger partial charge is 0.304 e. The van der Waals surface area contributed by atoms with E-state index in [9.17, 15) is 4.79 Å². The maximum Gasteiger partial charge on any atom is 0.304 e. The van der Waals surface area contributed by atoms with E-state index in [1.807, 2.05) is 0 Å². The molecule has 2 bridgehead atoms. The van der Waals surface area contributed by atoms with E-state index < -0.39 is 5.97 Å². The highest BCUT2D eigenvalue weighted by Gasteiger charge is 2.23. The second-order valence-electron chi connectivity index (χ2n) is 5.79. The summed E-state index contributed by atoms with van der Waals surface area (Å²) in [6.07, 6.45) is 2.47. The second-order valence-corrected chi connectivity index (χ2v) is 5.79. The van der Waals surface area contributed by atoms with Crippen LogP contribution in [0.4, 0.5) is 0 Å². The third-order valence-corrected chi connectivity index (χ3v) is 4.24. The standard InChI is InChI=1S/C14H28N4O2/c19-14(20)11-13-12-16-4-1-6-17-8-5-15-3-2-7-18(13)10-9-17/h13,15-16H,1-12H2,(H,19,20). The summed E-state index contributed by atoms with van der Waals surface area (Å²) < 4.78 is 0. The number of carboxylic acid groups (broad SMARTS) is 1. The van der Waals surface area contributed by atoms with Crippen molar-refractivity contribution in [1.29, 1.82) is 0 Å². The topological polar surface area (TPSA) is 67.8 Å². The molecule has 6 nitrogen and oxygen atoms in total. The van der Waals surface area contributed by atoms with Gasteiger partial charge in [0.25, 0.3) is 0 Å². The molecule has 116 valence electrons. The third-order valence-electron chi connectivity index (χ3n) is 4.24. The van der Waals surface area contributed by atoms with Gasteiger partial charge in [-0.15, -0.1) is 0 Å². The van der Waals surface area contributed by atoms with E-state index in [0.717, 1.165) is 71.7 Å². The van der Waals surface area contributed by atoms with Gasteiger partial charge in [0.15, 0.2) is 0 Å². The molecule has 2 fully saturated rings. The highest BCUT2D eigenvalue weighted by Crippen LogP contribution is 2.08. The summed E-state index contributed by atoms with van der Waals surface area (Å²) in [6.45, 7) is 9.11. The molecule has 20 heavy (non-hydrogen) atoms. The van der Waals surface area contributed by atoms with Crippen molar-refractivity contribution >= 4 is 5.97 Å². The molecule has 3 atom stereocenters. The molecule has 0 aromatic carbocycles. The van der Waals surface area contributed by atoms with Crippen molar-refractivity contribution in [3.8, 4) is 0 Å². The molecule has 2 heterocycles. The van der Waals surface area contributed by atoms with Crippen LogP contribution in [0, 0.1) is 0 Å². The lowest BCUT2D eigenvalue weighted by Crippen LogP contribution is -2.50. The number of aliphatic carboxylic acids is 1. The fourth-order valence-corrected chi connectivity index (χ4v) is 3.08. The maximum absolute atomic E-state index is 11.1. The SMILES string of the molecule is O=C(O)CC1CNCCCN2CCNCCCN1CC2. The van der Waals surface area contributed by atoms with E-state index in [4.69, 9.17) is 5.11 Å². The van der Waals surface area contributed by atoms with Gasteiger partial charge in [-0.05, 0) is 39.0 Å². The number of carbonyl (C=O) groups is 1. The van der Waals surface area contributed by atoms with Crippen LogP contribution in [-0.4, -0.2) is 85.8 Å². The Bertz CT molecular complexity index is 299. The van der Waals surface area contributed by atoms with Gasteiger partial charge in [-0.2, -0.15) is 0 Å². The highest BCUT2D eigenvalue weighted by molar-refractivity contribution is 5.67. The number of nitrogens with zero attached hydrogens (tertiary/aromatic N) is 2. The quantitative estimate of drug-likeness (QED) is 0.630. The normalized spacial score (nSPS) is 33.5. The number of nitrogens with one attached hydrogen (secondary N) is 2. The fourth-order valence-electron chi connectivity index (χ4n) is 3.08. The third kappa shape index (κ3) is 5.36. The summed E-state index contributed by atoms with van der Waals surface area (Å²) in [4.78, 5) is 16.0. The van der Waals surface area contributed by atoms with Crippen LogP contribution in [0.5, 0.6) is 0 Å². The number of hydrogen-bond acceptors (Lipinski definition) is 5. The van der Waals surface area contributed by atoms with Crippen molar-refractivity contribution in [2.75, 3.05) is 58.9 Å². The molecule has 2 aliphatic rings. The van der Waals surface area contributed by atoms with Crippen molar-refractivity contribution in [2.24, 2.45) is 0 Å². The van der Waals surface area contributed by atoms with E-state index in [0.29, 0.717) is 0 Å². The number of fused-ring (bicyclic) bond motifs is 3. The minimum absolute atomic E-state index is 0.117. The summed E-state index contributed by atoms with van der Waals surface area (Å²) in [5.74, 6) is -0.694. The zero-order valence-corrected chi connectivity index (χ0v) is 12.3. The lowest BCUT2D eigenvalue weighted by atomic mass is 10.1. The Labute approximate surface area is 121 Å². The van der Waals surface area contributed by atoms with Crippen molar-refractivity contribution < 1.29 is 9.90 Å². The van der Waals surface area contributed by atoms with Gasteiger partial charge < -0.3 is 20.6 Å². The first-order chi connectivity index (χ1) is 9.75. The molecule has 0 radical (unpaired) electrons. The van der Waals surface area contributed by atoms with E-state index in [2.05, 4.69) is 20.4 Å². The minimum Gasteiger partial charge on any atom is -0.481 e. The first-order valence-electron chi connectivity index (χ1n) is 7.85. The molecular formula is C14H28N4O2. The van der Waals surface area contributed by atoms with Crippen molar-refractivity contribution in [3.05, 3.63) is 0 Å². The number of rotatable bonds is 2. The van der Waals surface area contributed by atoms with Crippen molar-refractivity contribution in [2.45, 2.75) is 25.3 Å². The molecule has 0 amide bonds. The summed E-state index contributed by atoms with van der Waals surface area (Å²) in [5, 5.41) is 16.0. The Morgan fingerprint density at radius 3 is 2.65 bits per heavy atom. The van der Waals surface area contributed by atoms with Crippen molar-refractivity contribution in [3.63, 3.8) is 0 Å². The molecule has 2 aliphatic heterocycles. The van der Waals surface area contributed by atoms with E-state index in [1.165, 1.54) is 0 Å². The van der Waals surface area contributed by atoms with Gasteiger partial charge in [0, 0.05) is 38.8 Å². The van der Waals surface area contributed by atoms with Gasteiger partial charge in [-0.25, -0.2) is 0 Å². The van der Waals surface area contributed by atoms with Crippen LogP contribution in [0.2, 0.25) is 0 Å². The van der Waals surface area contributed by atoms with E-state index in [1.54, 1.807) is 0 Å². The molecule has 0 aromatic rings. The zero-order valence-electron chi connectivity index (χ0n) is 12.3. The van der Waals surface area contributed by atoms with Crippen LogP contribution in [0.3, 0.4) is 0 Å². The van der Waals surface area contributed by atoms with Crippen LogP contribution in [0.25, 0.3) is 0 Å². The minimum atomic E-state index is -0.694. The fraction of sp³-hybridized carbons (Fsp3) is 0.929. The largest absolute Gasteiger partial charge is 0.481 e. The summed E-state index contributed by atoms with van der Waals surface area (Å²) >= 11 is 0. The van der Waals surface area contributed by atoms with Crippen molar-refractivity contribution in [1.82, 2.24) is 20.4 Å². The monoisotopic (exact) mass is 284 g/mol. The summed E-state index contributed by atoms with van der Waals surface area (Å²) in [7, 11) is 0. The van der Waals surface area contributed by atoms with Gasteiger partial charge in [0.1, 0.15) is 0 Å². The van der Waals surface area contributed by atoms with Crippen LogP contribution in [0.1, 0.15) is 19.3 Å². The van der Waals surface area contributed by atoms with Crippen LogP contribution >= 0.6 is 0 Å².